The average molecular weight is 419 g/mol. The van der Waals surface area contributed by atoms with E-state index in [4.69, 9.17) is 4.74 Å². The van der Waals surface area contributed by atoms with Crippen LogP contribution in [0.25, 0.3) is 0 Å². The number of benzene rings is 1. The molecular formula is C26H42O4. The number of aromatic carboxylic acids is 1. The van der Waals surface area contributed by atoms with Crippen LogP contribution in [0.5, 0.6) is 0 Å². The summed E-state index contributed by atoms with van der Waals surface area (Å²) in [4.78, 5) is 24.3. The van der Waals surface area contributed by atoms with Gasteiger partial charge in [-0.3, -0.25) is 0 Å². The summed E-state index contributed by atoms with van der Waals surface area (Å²) in [6, 6.07) is 5.17. The summed E-state index contributed by atoms with van der Waals surface area (Å²) in [7, 11) is 0. The zero-order valence-corrected chi connectivity index (χ0v) is 19.2. The lowest BCUT2D eigenvalue weighted by Crippen LogP contribution is -2.15. The molecule has 0 bridgehead atoms. The maximum Gasteiger partial charge on any atom is 0.339 e. The molecule has 0 amide bonds. The predicted octanol–water partition coefficient (Wildman–Crippen LogP) is 7.59. The highest BCUT2D eigenvalue weighted by Gasteiger charge is 2.21. The summed E-state index contributed by atoms with van der Waals surface area (Å²) < 4.78 is 5.37. The van der Waals surface area contributed by atoms with E-state index in [1.165, 1.54) is 57.8 Å². The van der Waals surface area contributed by atoms with Crippen LogP contribution in [-0.4, -0.2) is 23.7 Å². The minimum Gasteiger partial charge on any atom is -0.478 e. The number of aryl methyl sites for hydroxylation is 1. The number of carboxylic acids is 1. The van der Waals surface area contributed by atoms with Crippen molar-refractivity contribution in [1.82, 2.24) is 0 Å². The first-order chi connectivity index (χ1) is 14.6. The summed E-state index contributed by atoms with van der Waals surface area (Å²) in [6.07, 6.45) is 17.0. The van der Waals surface area contributed by atoms with Gasteiger partial charge in [-0.05, 0) is 30.9 Å². The van der Waals surface area contributed by atoms with Gasteiger partial charge in [0.1, 0.15) is 0 Å². The number of ether oxygens (including phenoxy) is 1. The van der Waals surface area contributed by atoms with E-state index in [9.17, 15) is 14.7 Å². The lowest BCUT2D eigenvalue weighted by atomic mass is 9.96. The van der Waals surface area contributed by atoms with Gasteiger partial charge in [0.25, 0.3) is 0 Å². The second kappa shape index (κ2) is 16.9. The second-order valence-electron chi connectivity index (χ2n) is 8.27. The first-order valence-electron chi connectivity index (χ1n) is 12.1. The molecule has 0 saturated heterocycles. The molecule has 0 unspecified atom stereocenters. The lowest BCUT2D eigenvalue weighted by Gasteiger charge is -2.12. The Bertz CT molecular complexity index is 609. The van der Waals surface area contributed by atoms with E-state index in [1.54, 1.807) is 12.1 Å². The Morgan fingerprint density at radius 2 is 1.30 bits per heavy atom. The van der Waals surface area contributed by atoms with Gasteiger partial charge in [0, 0.05) is 0 Å². The SMILES string of the molecule is CCCCCCCCCCc1cccc(C(=O)OCCCCCCCC)c1C(=O)O. The van der Waals surface area contributed by atoms with Gasteiger partial charge in [-0.15, -0.1) is 0 Å². The van der Waals surface area contributed by atoms with Crippen molar-refractivity contribution in [3.05, 3.63) is 34.9 Å². The van der Waals surface area contributed by atoms with Crippen LogP contribution in [0.4, 0.5) is 0 Å². The van der Waals surface area contributed by atoms with Crippen LogP contribution < -0.4 is 0 Å². The van der Waals surface area contributed by atoms with Gasteiger partial charge in [0.15, 0.2) is 0 Å². The van der Waals surface area contributed by atoms with Gasteiger partial charge in [-0.2, -0.15) is 0 Å². The molecule has 0 aromatic heterocycles. The Hall–Kier alpha value is -1.84. The van der Waals surface area contributed by atoms with Crippen LogP contribution >= 0.6 is 0 Å². The normalized spacial score (nSPS) is 10.9. The van der Waals surface area contributed by atoms with Gasteiger partial charge in [-0.25, -0.2) is 9.59 Å². The molecule has 170 valence electrons. The molecule has 1 aromatic carbocycles. The highest BCUT2D eigenvalue weighted by atomic mass is 16.5. The van der Waals surface area contributed by atoms with Crippen LogP contribution in [0.2, 0.25) is 0 Å². The van der Waals surface area contributed by atoms with Crippen molar-refractivity contribution < 1.29 is 19.4 Å². The fraction of sp³-hybridized carbons (Fsp3) is 0.692. The van der Waals surface area contributed by atoms with Gasteiger partial charge >= 0.3 is 11.9 Å². The Balaban J connectivity index is 2.48. The number of unbranched alkanes of at least 4 members (excludes halogenated alkanes) is 12. The number of carbonyl (C=O) groups is 2. The average Bonchev–Trinajstić information content (AvgIpc) is 2.74. The van der Waals surface area contributed by atoms with Gasteiger partial charge in [-0.1, -0.05) is 103 Å². The first-order valence-corrected chi connectivity index (χ1v) is 12.1. The van der Waals surface area contributed by atoms with Crippen LogP contribution in [-0.2, 0) is 11.2 Å². The third kappa shape index (κ3) is 10.8. The summed E-state index contributed by atoms with van der Waals surface area (Å²) in [5.74, 6) is -1.56. The Kier molecular flexibility index (Phi) is 14.8. The smallest absolute Gasteiger partial charge is 0.339 e. The molecule has 1 aromatic rings. The Morgan fingerprint density at radius 1 is 0.767 bits per heavy atom. The van der Waals surface area contributed by atoms with Crippen LogP contribution in [0, 0.1) is 0 Å². The third-order valence-corrected chi connectivity index (χ3v) is 5.62. The fourth-order valence-corrected chi connectivity index (χ4v) is 3.81. The van der Waals surface area contributed by atoms with Crippen LogP contribution in [0.1, 0.15) is 130 Å². The van der Waals surface area contributed by atoms with E-state index in [0.29, 0.717) is 13.0 Å². The number of hydrogen-bond donors (Lipinski definition) is 1. The molecule has 30 heavy (non-hydrogen) atoms. The summed E-state index contributed by atoms with van der Waals surface area (Å²) in [5, 5.41) is 9.70. The molecule has 0 heterocycles. The molecule has 0 fully saturated rings. The van der Waals surface area contributed by atoms with E-state index in [2.05, 4.69) is 13.8 Å². The maximum atomic E-state index is 12.5. The van der Waals surface area contributed by atoms with Gasteiger partial charge in [0.05, 0.1) is 17.7 Å². The quantitative estimate of drug-likeness (QED) is 0.197. The number of carbonyl (C=O) groups excluding carboxylic acids is 1. The summed E-state index contributed by atoms with van der Waals surface area (Å²) >= 11 is 0. The molecule has 0 atom stereocenters. The molecular weight excluding hydrogens is 376 g/mol. The van der Waals surface area contributed by atoms with Crippen molar-refractivity contribution in [3.8, 4) is 0 Å². The largest absolute Gasteiger partial charge is 0.478 e. The summed E-state index contributed by atoms with van der Waals surface area (Å²) in [5.41, 5.74) is 1.04. The Morgan fingerprint density at radius 3 is 1.87 bits per heavy atom. The molecule has 0 aliphatic rings. The highest BCUT2D eigenvalue weighted by molar-refractivity contribution is 6.03. The monoisotopic (exact) mass is 418 g/mol. The zero-order valence-electron chi connectivity index (χ0n) is 19.2. The minimum atomic E-state index is -1.04. The topological polar surface area (TPSA) is 63.6 Å². The molecule has 0 aliphatic heterocycles. The van der Waals surface area contributed by atoms with E-state index in [-0.39, 0.29) is 11.1 Å². The van der Waals surface area contributed by atoms with Gasteiger partial charge in [0.2, 0.25) is 0 Å². The minimum absolute atomic E-state index is 0.119. The Labute approximate surface area is 183 Å². The van der Waals surface area contributed by atoms with E-state index >= 15 is 0 Å². The molecule has 4 heteroatoms. The standard InChI is InChI=1S/C26H42O4/c1-3-5-7-9-11-12-13-15-18-22-19-17-20-23(24(22)25(27)28)26(29)30-21-16-14-10-8-6-4-2/h17,19-20H,3-16,18,21H2,1-2H3,(H,27,28). The van der Waals surface area contributed by atoms with Crippen molar-refractivity contribution in [2.45, 2.75) is 110 Å². The molecule has 0 radical (unpaired) electrons. The lowest BCUT2D eigenvalue weighted by molar-refractivity contribution is 0.0487. The summed E-state index contributed by atoms with van der Waals surface area (Å²) in [6.45, 7) is 4.76. The second-order valence-corrected chi connectivity index (χ2v) is 8.27. The van der Waals surface area contributed by atoms with Crippen molar-refractivity contribution in [3.63, 3.8) is 0 Å². The molecule has 1 N–H and O–H groups in total. The molecule has 0 aliphatic carbocycles. The van der Waals surface area contributed by atoms with Crippen molar-refractivity contribution in [2.24, 2.45) is 0 Å². The van der Waals surface area contributed by atoms with Gasteiger partial charge < -0.3 is 9.84 Å². The third-order valence-electron chi connectivity index (χ3n) is 5.62. The molecule has 4 nitrogen and oxygen atoms in total. The fourth-order valence-electron chi connectivity index (χ4n) is 3.81. The molecule has 0 saturated carbocycles. The number of hydrogen-bond acceptors (Lipinski definition) is 3. The van der Waals surface area contributed by atoms with E-state index in [0.717, 1.165) is 37.7 Å². The van der Waals surface area contributed by atoms with E-state index < -0.39 is 11.9 Å². The zero-order chi connectivity index (χ0) is 22.0. The van der Waals surface area contributed by atoms with Crippen molar-refractivity contribution >= 4 is 11.9 Å². The number of rotatable bonds is 18. The van der Waals surface area contributed by atoms with Crippen molar-refractivity contribution in [2.75, 3.05) is 6.61 Å². The number of carboxylic acid groups (broad SMARTS) is 1. The molecule has 0 spiro atoms. The predicted molar refractivity (Wildman–Crippen MR) is 123 cm³/mol. The van der Waals surface area contributed by atoms with Crippen LogP contribution in [0.3, 0.4) is 0 Å². The maximum absolute atomic E-state index is 12.5. The van der Waals surface area contributed by atoms with E-state index in [1.807, 2.05) is 6.07 Å². The highest BCUT2D eigenvalue weighted by Crippen LogP contribution is 2.20. The van der Waals surface area contributed by atoms with Crippen molar-refractivity contribution in [1.29, 1.82) is 0 Å². The molecule has 1 rings (SSSR count). The van der Waals surface area contributed by atoms with Crippen LogP contribution in [0.15, 0.2) is 18.2 Å². The number of esters is 1. The first kappa shape index (κ1) is 26.2.